The molecule has 12 N–H and O–H groups in total. The Kier molecular flexibility index (Phi) is 15.6. The molecular formula is C52H84O21. The standard InChI is InChI=1S/C52H84O21/c1-23-32(56)36(60)39(63)43(68-23)72-41-35(59)27(19-53)69-45(41)71-31-11-12-48(4)29(49(31,5)22-54)10-13-51(7)30(48)9-8-24-25-18-47(2,3)14-16-52(25,17-15-50(24,51)6)46(65)73-44-40(64)37(61)34(58)28(70-44)21-67-42-38(62)33(57)26(55)20-66-42/h8,23,25-45,53-64H,9-22H2,1-7H3. The number of aliphatic hydroxyl groups excluding tert-OH is 12. The molecule has 0 radical (unpaired) electrons. The van der Waals surface area contributed by atoms with E-state index in [9.17, 15) is 61.3 Å². The number of rotatable bonds is 11. The van der Waals surface area contributed by atoms with E-state index in [4.69, 9.17) is 37.9 Å². The molecule has 0 aromatic carbocycles. The van der Waals surface area contributed by atoms with Gasteiger partial charge in [0.05, 0.1) is 44.1 Å². The number of hydrogen-bond acceptors (Lipinski definition) is 21. The van der Waals surface area contributed by atoms with Crippen molar-refractivity contribution >= 4 is 5.97 Å². The first-order valence-electron chi connectivity index (χ1n) is 26.7. The summed E-state index contributed by atoms with van der Waals surface area (Å²) in [4.78, 5) is 15.0. The molecule has 21 heteroatoms. The van der Waals surface area contributed by atoms with Crippen molar-refractivity contribution in [2.45, 2.75) is 229 Å². The van der Waals surface area contributed by atoms with Gasteiger partial charge in [-0.2, -0.15) is 0 Å². The molecular weight excluding hydrogens is 961 g/mol. The number of esters is 1. The number of hydrogen-bond donors (Lipinski definition) is 12. The van der Waals surface area contributed by atoms with Crippen LogP contribution in [0, 0.1) is 50.2 Å². The molecule has 5 aliphatic carbocycles. The number of aliphatic hydroxyl groups is 12. The Morgan fingerprint density at radius 2 is 1.32 bits per heavy atom. The SMILES string of the molecule is CC1OC(OC2C(OC3CCC4(C)C(CCC5(C)C4CC=C4C6CC(C)(C)CCC6(C(=O)OC6OC(COC7OCC(O)C(O)C7O)C(O)C(O)C6O)CCC45C)C3(C)CO)OC(CO)C2O)C(O)C(O)C1O. The molecule has 8 fully saturated rings. The summed E-state index contributed by atoms with van der Waals surface area (Å²) in [5.41, 5.74) is -1.58. The molecule has 0 aromatic heterocycles. The van der Waals surface area contributed by atoms with Crippen molar-refractivity contribution in [3.05, 3.63) is 11.6 Å². The van der Waals surface area contributed by atoms with Crippen LogP contribution >= 0.6 is 0 Å². The smallest absolute Gasteiger partial charge is 0.315 e. The molecule has 4 saturated heterocycles. The predicted octanol–water partition coefficient (Wildman–Crippen LogP) is -0.757. The van der Waals surface area contributed by atoms with Crippen LogP contribution in [-0.2, 0) is 42.7 Å². The maximum atomic E-state index is 15.0. The molecule has 9 aliphatic rings. The Morgan fingerprint density at radius 3 is 2.01 bits per heavy atom. The minimum Gasteiger partial charge on any atom is -0.432 e. The molecule has 73 heavy (non-hydrogen) atoms. The molecule has 4 saturated carbocycles. The van der Waals surface area contributed by atoms with Crippen LogP contribution in [0.4, 0.5) is 0 Å². The first-order valence-corrected chi connectivity index (χ1v) is 26.7. The number of carbonyl (C=O) groups excluding carboxylic acids is 1. The van der Waals surface area contributed by atoms with Crippen LogP contribution in [0.3, 0.4) is 0 Å². The van der Waals surface area contributed by atoms with Gasteiger partial charge >= 0.3 is 5.97 Å². The van der Waals surface area contributed by atoms with Crippen molar-refractivity contribution in [2.75, 3.05) is 26.4 Å². The molecule has 0 bridgehead atoms. The molecule has 418 valence electrons. The number of ether oxygens (including phenoxy) is 8. The van der Waals surface area contributed by atoms with Gasteiger partial charge in [0, 0.05) is 5.41 Å². The molecule has 9 rings (SSSR count). The van der Waals surface area contributed by atoms with E-state index in [0.717, 1.165) is 32.1 Å². The average Bonchev–Trinajstić information content (AvgIpc) is 3.65. The van der Waals surface area contributed by atoms with Crippen molar-refractivity contribution in [3.63, 3.8) is 0 Å². The Labute approximate surface area is 426 Å². The van der Waals surface area contributed by atoms with E-state index < -0.39 is 147 Å². The Bertz CT molecular complexity index is 2010. The first-order chi connectivity index (χ1) is 34.2. The summed E-state index contributed by atoms with van der Waals surface area (Å²) in [6, 6.07) is 0. The molecule has 27 atom stereocenters. The normalized spacial score (nSPS) is 54.8. The fraction of sp³-hybridized carbons (Fsp3) is 0.942. The first kappa shape index (κ1) is 56.2. The van der Waals surface area contributed by atoms with Crippen molar-refractivity contribution in [1.29, 1.82) is 0 Å². The molecule has 4 heterocycles. The van der Waals surface area contributed by atoms with Crippen LogP contribution in [0.1, 0.15) is 113 Å². The third kappa shape index (κ3) is 9.10. The van der Waals surface area contributed by atoms with Gasteiger partial charge in [-0.3, -0.25) is 4.79 Å². The van der Waals surface area contributed by atoms with Crippen LogP contribution in [0.25, 0.3) is 0 Å². The summed E-state index contributed by atoms with van der Waals surface area (Å²) < 4.78 is 47.6. The van der Waals surface area contributed by atoms with Crippen LogP contribution in [-0.4, -0.2) is 210 Å². The lowest BCUT2D eigenvalue weighted by atomic mass is 9.33. The average molecular weight is 1050 g/mol. The number of carbonyl (C=O) groups is 1. The maximum Gasteiger partial charge on any atom is 0.315 e. The molecule has 0 amide bonds. The lowest BCUT2D eigenvalue weighted by molar-refractivity contribution is -0.329. The monoisotopic (exact) mass is 1040 g/mol. The Balaban J connectivity index is 0.935. The third-order valence-corrected chi connectivity index (χ3v) is 20.8. The fourth-order valence-electron chi connectivity index (χ4n) is 15.9. The highest BCUT2D eigenvalue weighted by Crippen LogP contribution is 2.76. The molecule has 4 aliphatic heterocycles. The van der Waals surface area contributed by atoms with Crippen LogP contribution in [0.15, 0.2) is 11.6 Å². The zero-order chi connectivity index (χ0) is 53.1. The van der Waals surface area contributed by atoms with Crippen molar-refractivity contribution in [3.8, 4) is 0 Å². The summed E-state index contributed by atoms with van der Waals surface area (Å²) in [6.45, 7) is 13.5. The van der Waals surface area contributed by atoms with Crippen molar-refractivity contribution in [2.24, 2.45) is 50.2 Å². The highest BCUT2D eigenvalue weighted by atomic mass is 16.8. The van der Waals surface area contributed by atoms with Gasteiger partial charge < -0.3 is 99.2 Å². The van der Waals surface area contributed by atoms with E-state index in [0.29, 0.717) is 32.1 Å². The van der Waals surface area contributed by atoms with E-state index in [2.05, 4.69) is 40.7 Å². The van der Waals surface area contributed by atoms with E-state index in [-0.39, 0.29) is 52.6 Å². The van der Waals surface area contributed by atoms with Crippen LogP contribution < -0.4 is 0 Å². The number of allylic oxidation sites excluding steroid dienone is 2. The zero-order valence-corrected chi connectivity index (χ0v) is 43.2. The van der Waals surface area contributed by atoms with Crippen molar-refractivity contribution in [1.82, 2.24) is 0 Å². The van der Waals surface area contributed by atoms with Crippen LogP contribution in [0.5, 0.6) is 0 Å². The lowest BCUT2D eigenvalue weighted by Crippen LogP contribution is -2.66. The second-order valence-electron chi connectivity index (χ2n) is 25.2. The summed E-state index contributed by atoms with van der Waals surface area (Å²) in [7, 11) is 0. The molecule has 21 nitrogen and oxygen atoms in total. The van der Waals surface area contributed by atoms with Gasteiger partial charge in [-0.25, -0.2) is 0 Å². The quantitative estimate of drug-likeness (QED) is 0.0894. The Morgan fingerprint density at radius 1 is 0.658 bits per heavy atom. The predicted molar refractivity (Wildman–Crippen MR) is 251 cm³/mol. The molecule has 0 spiro atoms. The third-order valence-electron chi connectivity index (χ3n) is 20.8. The fourth-order valence-corrected chi connectivity index (χ4v) is 15.9. The van der Waals surface area contributed by atoms with Crippen LogP contribution in [0.2, 0.25) is 0 Å². The summed E-state index contributed by atoms with van der Waals surface area (Å²) in [6.07, 6.45) is -17.7. The zero-order valence-electron chi connectivity index (χ0n) is 43.2. The lowest BCUT2D eigenvalue weighted by Gasteiger charge is -2.71. The van der Waals surface area contributed by atoms with Gasteiger partial charge in [0.2, 0.25) is 6.29 Å². The van der Waals surface area contributed by atoms with Gasteiger partial charge in [0.25, 0.3) is 0 Å². The highest BCUT2D eigenvalue weighted by molar-refractivity contribution is 5.79. The molecule has 0 aromatic rings. The minimum absolute atomic E-state index is 0.0308. The van der Waals surface area contributed by atoms with Crippen molar-refractivity contribution < 1.29 is 104 Å². The number of fused-ring (bicyclic) bond motifs is 7. The largest absolute Gasteiger partial charge is 0.432 e. The van der Waals surface area contributed by atoms with Gasteiger partial charge in [-0.05, 0) is 111 Å². The summed E-state index contributed by atoms with van der Waals surface area (Å²) in [5, 5.41) is 128. The summed E-state index contributed by atoms with van der Waals surface area (Å²) in [5.74, 6) is -0.654. The van der Waals surface area contributed by atoms with Gasteiger partial charge in [0.1, 0.15) is 79.4 Å². The maximum absolute atomic E-state index is 15.0. The molecule has 27 unspecified atom stereocenters. The van der Waals surface area contributed by atoms with E-state index in [1.165, 1.54) is 12.5 Å². The van der Waals surface area contributed by atoms with Gasteiger partial charge in [0.15, 0.2) is 18.9 Å². The van der Waals surface area contributed by atoms with E-state index in [1.54, 1.807) is 0 Å². The minimum atomic E-state index is -1.80. The second kappa shape index (κ2) is 20.3. The highest BCUT2D eigenvalue weighted by Gasteiger charge is 2.71. The van der Waals surface area contributed by atoms with E-state index in [1.807, 2.05) is 6.92 Å². The van der Waals surface area contributed by atoms with Gasteiger partial charge in [-0.15, -0.1) is 0 Å². The van der Waals surface area contributed by atoms with Gasteiger partial charge in [-0.1, -0.05) is 53.2 Å². The second-order valence-corrected chi connectivity index (χ2v) is 25.2. The topological polar surface area (TPSA) is 334 Å². The van der Waals surface area contributed by atoms with E-state index >= 15 is 4.79 Å². The summed E-state index contributed by atoms with van der Waals surface area (Å²) >= 11 is 0. The Hall–Kier alpha value is -1.55.